The number of carboxylic acid groups (broad SMARTS) is 1. The van der Waals surface area contributed by atoms with Crippen LogP contribution in [0.4, 0.5) is 73.6 Å². The Bertz CT molecular complexity index is 3180. The van der Waals surface area contributed by atoms with Gasteiger partial charge in [0.1, 0.15) is 17.5 Å². The molecule has 0 aliphatic heterocycles. The Morgan fingerprint density at radius 1 is 0.425 bits per heavy atom. The number of hydrogen-bond acceptors (Lipinski definition) is 4. The van der Waals surface area contributed by atoms with Crippen LogP contribution in [0.1, 0.15) is 60.4 Å². The van der Waals surface area contributed by atoms with E-state index in [2.05, 4.69) is 22.5 Å². The van der Waals surface area contributed by atoms with Crippen molar-refractivity contribution in [3.8, 4) is 0 Å². The van der Waals surface area contributed by atoms with Crippen LogP contribution in [0.15, 0.2) is 183 Å². The van der Waals surface area contributed by atoms with Gasteiger partial charge in [-0.15, -0.1) is 0 Å². The van der Waals surface area contributed by atoms with Gasteiger partial charge >= 0.3 is 18.3 Å². The van der Waals surface area contributed by atoms with Crippen molar-refractivity contribution in [2.45, 2.75) is 26.2 Å². The molecular formula is C59H46F9N3O2. The summed E-state index contributed by atoms with van der Waals surface area (Å²) in [5.41, 5.74) is 8.95. The van der Waals surface area contributed by atoms with Gasteiger partial charge in [-0.2, -0.15) is 26.3 Å². The lowest BCUT2D eigenvalue weighted by Crippen LogP contribution is -2.04. The van der Waals surface area contributed by atoms with Crippen molar-refractivity contribution in [2.24, 2.45) is 0 Å². The summed E-state index contributed by atoms with van der Waals surface area (Å²) in [4.78, 5) is 11.5. The van der Waals surface area contributed by atoms with Gasteiger partial charge in [0.05, 0.1) is 22.4 Å². The highest BCUT2D eigenvalue weighted by Crippen LogP contribution is 2.32. The Balaban J connectivity index is 0.000000185. The van der Waals surface area contributed by atoms with E-state index in [4.69, 9.17) is 0 Å². The van der Waals surface area contributed by atoms with Crippen molar-refractivity contribution < 1.29 is 49.4 Å². The fourth-order valence-electron chi connectivity index (χ4n) is 6.75. The van der Waals surface area contributed by atoms with E-state index in [1.165, 1.54) is 78.9 Å². The van der Waals surface area contributed by atoms with Crippen molar-refractivity contribution in [2.75, 3.05) is 16.0 Å². The molecule has 14 heteroatoms. The predicted molar refractivity (Wildman–Crippen MR) is 276 cm³/mol. The predicted octanol–water partition coefficient (Wildman–Crippen LogP) is 18.0. The molecule has 8 rings (SSSR count). The lowest BCUT2D eigenvalue weighted by Gasteiger charge is -2.11. The van der Waals surface area contributed by atoms with Crippen LogP contribution in [0.25, 0.3) is 30.4 Å². The highest BCUT2D eigenvalue weighted by atomic mass is 19.4. The average Bonchev–Trinajstić information content (AvgIpc) is 3.36. The van der Waals surface area contributed by atoms with Crippen LogP contribution < -0.4 is 16.0 Å². The summed E-state index contributed by atoms with van der Waals surface area (Å²) < 4.78 is 115. The van der Waals surface area contributed by atoms with E-state index < -0.39 is 35.3 Å². The average molecular weight is 1000 g/mol. The summed E-state index contributed by atoms with van der Waals surface area (Å²) >= 11 is 0. The van der Waals surface area contributed by atoms with Gasteiger partial charge in [0.15, 0.2) is 0 Å². The second-order valence-electron chi connectivity index (χ2n) is 16.3. The molecule has 0 radical (unpaired) electrons. The molecule has 0 unspecified atom stereocenters. The second-order valence-corrected chi connectivity index (χ2v) is 16.3. The van der Waals surface area contributed by atoms with Crippen molar-refractivity contribution in [1.82, 2.24) is 0 Å². The zero-order valence-corrected chi connectivity index (χ0v) is 39.1. The molecule has 8 aromatic carbocycles. The molecule has 73 heavy (non-hydrogen) atoms. The molecule has 0 saturated heterocycles. The number of hydrogen-bond donors (Lipinski definition) is 4. The number of benzene rings is 8. The van der Waals surface area contributed by atoms with E-state index in [0.29, 0.717) is 28.1 Å². The van der Waals surface area contributed by atoms with Gasteiger partial charge in [-0.1, -0.05) is 91.6 Å². The van der Waals surface area contributed by atoms with E-state index in [-0.39, 0.29) is 17.2 Å². The first-order chi connectivity index (χ1) is 34.7. The first-order valence-electron chi connectivity index (χ1n) is 22.2. The molecule has 0 heterocycles. The molecule has 4 N–H and O–H groups in total. The normalized spacial score (nSPS) is 11.3. The smallest absolute Gasteiger partial charge is 0.416 e. The highest BCUT2D eigenvalue weighted by Gasteiger charge is 2.30. The molecule has 0 aromatic heterocycles. The minimum absolute atomic E-state index is 0.0287. The molecule has 0 atom stereocenters. The molecule has 0 fully saturated rings. The molecule has 0 aliphatic carbocycles. The minimum Gasteiger partial charge on any atom is -0.478 e. The fourth-order valence-corrected chi connectivity index (χ4v) is 6.75. The maximum Gasteiger partial charge on any atom is 0.416 e. The minimum atomic E-state index is -4.39. The fraction of sp³-hybridized carbons (Fsp3) is 0.0678. The zero-order chi connectivity index (χ0) is 52.7. The zero-order valence-electron chi connectivity index (χ0n) is 39.1. The third kappa shape index (κ3) is 16.4. The van der Waals surface area contributed by atoms with E-state index in [1.807, 2.05) is 56.3 Å². The van der Waals surface area contributed by atoms with Crippen LogP contribution in [0, 0.1) is 31.3 Å². The lowest BCUT2D eigenvalue weighted by atomic mass is 10.1. The summed E-state index contributed by atoms with van der Waals surface area (Å²) in [7, 11) is 0. The van der Waals surface area contributed by atoms with Crippen LogP contribution >= 0.6 is 0 Å². The van der Waals surface area contributed by atoms with Crippen LogP contribution in [0.2, 0.25) is 0 Å². The number of aryl methyl sites for hydroxylation is 2. The highest BCUT2D eigenvalue weighted by molar-refractivity contribution is 5.96. The first kappa shape index (κ1) is 53.6. The molecular weight excluding hydrogens is 954 g/mol. The van der Waals surface area contributed by atoms with Gasteiger partial charge in [0.25, 0.3) is 0 Å². The van der Waals surface area contributed by atoms with Gasteiger partial charge in [-0.05, 0) is 174 Å². The van der Waals surface area contributed by atoms with Crippen molar-refractivity contribution >= 4 is 70.5 Å². The Hall–Kier alpha value is -8.78. The molecule has 0 saturated carbocycles. The maximum atomic E-state index is 13.1. The van der Waals surface area contributed by atoms with Crippen molar-refractivity contribution in [1.29, 1.82) is 0 Å². The summed E-state index contributed by atoms with van der Waals surface area (Å²) in [5.74, 6) is -2.08. The molecule has 372 valence electrons. The molecule has 5 nitrogen and oxygen atoms in total. The number of anilines is 6. The van der Waals surface area contributed by atoms with E-state index in [0.717, 1.165) is 69.3 Å². The number of carbonyl (C=O) groups is 1. The van der Waals surface area contributed by atoms with Gasteiger partial charge < -0.3 is 21.1 Å². The van der Waals surface area contributed by atoms with E-state index >= 15 is 0 Å². The molecule has 0 bridgehead atoms. The first-order valence-corrected chi connectivity index (χ1v) is 22.2. The van der Waals surface area contributed by atoms with Gasteiger partial charge in [-0.3, -0.25) is 0 Å². The Morgan fingerprint density at radius 2 is 0.726 bits per heavy atom. The van der Waals surface area contributed by atoms with Crippen LogP contribution in [0.3, 0.4) is 0 Å². The Kier molecular flexibility index (Phi) is 17.9. The number of aromatic carboxylic acids is 1. The Morgan fingerprint density at radius 3 is 1.08 bits per heavy atom. The van der Waals surface area contributed by atoms with Crippen molar-refractivity contribution in [3.63, 3.8) is 0 Å². The topological polar surface area (TPSA) is 73.4 Å². The molecule has 8 aromatic rings. The van der Waals surface area contributed by atoms with Crippen molar-refractivity contribution in [3.05, 3.63) is 256 Å². The van der Waals surface area contributed by atoms with Crippen LogP contribution in [-0.4, -0.2) is 11.1 Å². The van der Waals surface area contributed by atoms with Gasteiger partial charge in [0.2, 0.25) is 0 Å². The number of halogens is 9. The van der Waals surface area contributed by atoms with Gasteiger partial charge in [0, 0.05) is 28.4 Å². The largest absolute Gasteiger partial charge is 0.478 e. The molecule has 0 aliphatic rings. The van der Waals surface area contributed by atoms with E-state index in [9.17, 15) is 49.4 Å². The number of rotatable bonds is 12. The van der Waals surface area contributed by atoms with Crippen LogP contribution in [0.5, 0.6) is 0 Å². The van der Waals surface area contributed by atoms with E-state index in [1.54, 1.807) is 60.7 Å². The summed E-state index contributed by atoms with van der Waals surface area (Å²) in [5, 5.41) is 18.8. The lowest BCUT2D eigenvalue weighted by molar-refractivity contribution is -0.138. The van der Waals surface area contributed by atoms with Crippen LogP contribution in [-0.2, 0) is 12.4 Å². The monoisotopic (exact) mass is 999 g/mol. The summed E-state index contributed by atoms with van der Waals surface area (Å²) in [6.45, 7) is 7.72. The standard InChI is InChI=1S/C22H15F4NO2.C22H17F4N.C15H14FN/c23-17-8-10-18(11-9-17)27-20-13-15(5-12-19(20)21(28)29)2-1-14-3-6-16(7-4-14)22(24,25)26;1-15-2-3-17(14-21(15)27-20-12-10-19(23)11-13-20)5-4-16-6-8-18(9-7-16)22(24,25)26;1-3-12-5-4-11(2)15(10-12)17-14-8-6-13(16)7-9-14/h1-13,27H,(H,28,29);2-14,27H,1H3;3-10,17H,1H2,2H3/b2-1+;5-4+;. The number of nitrogens with one attached hydrogen (secondary N) is 3. The van der Waals surface area contributed by atoms with Gasteiger partial charge in [-0.25, -0.2) is 18.0 Å². The second kappa shape index (κ2) is 24.4. The summed E-state index contributed by atoms with van der Waals surface area (Å²) in [6.07, 6.45) is -0.0583. The summed E-state index contributed by atoms with van der Waals surface area (Å²) in [6, 6.07) is 44.0. The molecule has 0 spiro atoms. The third-order valence-electron chi connectivity index (χ3n) is 10.8. The SMILES string of the molecule is C=Cc1ccc(C)c(Nc2ccc(F)cc2)c1.Cc1ccc(/C=C/c2ccc(C(F)(F)F)cc2)cc1Nc1ccc(F)cc1.O=C(O)c1ccc(/C=C/c2ccc(C(F)(F)F)cc2)cc1Nc1ccc(F)cc1. The number of carboxylic acids is 1. The maximum absolute atomic E-state index is 13.1. The third-order valence-corrected chi connectivity index (χ3v) is 10.8. The Labute approximate surface area is 416 Å². The molecule has 0 amide bonds. The number of alkyl halides is 6. The quantitative estimate of drug-likeness (QED) is 0.0725.